The van der Waals surface area contributed by atoms with Crippen LogP contribution in [0.1, 0.15) is 39.0 Å². The first-order chi connectivity index (χ1) is 13.8. The van der Waals surface area contributed by atoms with Gasteiger partial charge >= 0.3 is 10.2 Å². The summed E-state index contributed by atoms with van der Waals surface area (Å²) in [6, 6.07) is 5.68. The molecule has 0 radical (unpaired) electrons. The van der Waals surface area contributed by atoms with E-state index < -0.39 is 16.0 Å². The Morgan fingerprint density at radius 1 is 1.24 bits per heavy atom. The van der Waals surface area contributed by atoms with E-state index in [9.17, 15) is 17.6 Å². The highest BCUT2D eigenvalue weighted by molar-refractivity contribution is 7.90. The van der Waals surface area contributed by atoms with Crippen LogP contribution >= 0.6 is 0 Å². The van der Waals surface area contributed by atoms with Crippen molar-refractivity contribution in [1.82, 2.24) is 14.5 Å². The van der Waals surface area contributed by atoms with Crippen LogP contribution in [0.2, 0.25) is 0 Å². The van der Waals surface area contributed by atoms with Crippen molar-refractivity contribution in [3.63, 3.8) is 0 Å². The molecule has 1 N–H and O–H groups in total. The summed E-state index contributed by atoms with van der Waals surface area (Å²) in [5.41, 5.74) is 0.245. The van der Waals surface area contributed by atoms with Crippen LogP contribution in [-0.4, -0.2) is 69.8 Å². The molecule has 1 aromatic carbocycles. The van der Waals surface area contributed by atoms with Crippen LogP contribution in [0.25, 0.3) is 0 Å². The zero-order valence-corrected chi connectivity index (χ0v) is 18.4. The summed E-state index contributed by atoms with van der Waals surface area (Å²) in [5, 5.41) is 2.81. The van der Waals surface area contributed by atoms with Crippen LogP contribution in [0.15, 0.2) is 24.3 Å². The molecule has 0 bridgehead atoms. The lowest BCUT2D eigenvalue weighted by Gasteiger charge is -2.35. The molecule has 1 aliphatic heterocycles. The van der Waals surface area contributed by atoms with Gasteiger partial charge in [-0.3, -0.25) is 4.79 Å². The Balaban J connectivity index is 1.91. The second kappa shape index (κ2) is 10.9. The zero-order chi connectivity index (χ0) is 21.4. The quantitative estimate of drug-likeness (QED) is 0.580. The number of amides is 1. The molecule has 0 spiro atoms. The fourth-order valence-corrected chi connectivity index (χ4v) is 4.69. The number of hydrogen-bond donors (Lipinski definition) is 1. The van der Waals surface area contributed by atoms with E-state index in [-0.39, 0.29) is 18.1 Å². The van der Waals surface area contributed by atoms with E-state index in [1.165, 1.54) is 57.6 Å². The first-order valence-electron chi connectivity index (χ1n) is 10.2. The Kier molecular flexibility index (Phi) is 8.85. The third-order valence-electron chi connectivity index (χ3n) is 5.31. The maximum atomic E-state index is 13.2. The van der Waals surface area contributed by atoms with Gasteiger partial charge in [0.25, 0.3) is 0 Å². The molecule has 1 amide bonds. The van der Waals surface area contributed by atoms with Gasteiger partial charge in [-0.1, -0.05) is 13.3 Å². The maximum absolute atomic E-state index is 13.2. The standard InChI is InChI=1S/C20H33FN4O3S/c1-4-18-8-5-6-14-24(18)15-7-13-22-20(26)16-25(29(27,28)23(2)3)19-11-9-17(21)10-12-19/h9-12,18H,4-8,13-16H2,1-3H3,(H,22,26). The van der Waals surface area contributed by atoms with Gasteiger partial charge in [-0.15, -0.1) is 0 Å². The third-order valence-corrected chi connectivity index (χ3v) is 7.13. The van der Waals surface area contributed by atoms with E-state index >= 15 is 0 Å². The number of benzene rings is 1. The molecular weight excluding hydrogens is 395 g/mol. The normalized spacial score (nSPS) is 18.0. The lowest BCUT2D eigenvalue weighted by atomic mass is 10.00. The van der Waals surface area contributed by atoms with Crippen LogP contribution < -0.4 is 9.62 Å². The second-order valence-electron chi connectivity index (χ2n) is 7.57. The van der Waals surface area contributed by atoms with E-state index in [1.807, 2.05) is 0 Å². The van der Waals surface area contributed by atoms with E-state index in [4.69, 9.17) is 0 Å². The van der Waals surface area contributed by atoms with Crippen molar-refractivity contribution >= 4 is 21.8 Å². The van der Waals surface area contributed by atoms with Crippen LogP contribution in [-0.2, 0) is 15.0 Å². The molecule has 29 heavy (non-hydrogen) atoms. The summed E-state index contributed by atoms with van der Waals surface area (Å²) in [4.78, 5) is 14.9. The predicted octanol–water partition coefficient (Wildman–Crippen LogP) is 2.21. The molecule has 1 atom stereocenters. The van der Waals surface area contributed by atoms with E-state index in [2.05, 4.69) is 17.1 Å². The number of nitrogens with zero attached hydrogens (tertiary/aromatic N) is 3. The van der Waals surface area contributed by atoms with Crippen LogP contribution in [0.4, 0.5) is 10.1 Å². The molecule has 0 saturated carbocycles. The molecule has 2 rings (SSSR count). The van der Waals surface area contributed by atoms with Gasteiger partial charge in [0, 0.05) is 33.2 Å². The minimum absolute atomic E-state index is 0.245. The summed E-state index contributed by atoms with van der Waals surface area (Å²) in [5.74, 6) is -0.853. The number of carbonyl (C=O) groups excluding carboxylic acids is 1. The number of likely N-dealkylation sites (tertiary alicyclic amines) is 1. The van der Waals surface area contributed by atoms with Crippen LogP contribution in [0.5, 0.6) is 0 Å². The summed E-state index contributed by atoms with van der Waals surface area (Å²) < 4.78 is 40.5. The molecule has 0 aliphatic carbocycles. The summed E-state index contributed by atoms with van der Waals surface area (Å²) in [6.45, 7) is 4.38. The zero-order valence-electron chi connectivity index (χ0n) is 17.6. The van der Waals surface area contributed by atoms with Gasteiger partial charge in [0.15, 0.2) is 0 Å². The Hall–Kier alpha value is -1.71. The number of hydrogen-bond acceptors (Lipinski definition) is 4. The summed E-state index contributed by atoms with van der Waals surface area (Å²) >= 11 is 0. The molecule has 1 fully saturated rings. The number of rotatable bonds is 10. The van der Waals surface area contributed by atoms with E-state index in [0.29, 0.717) is 12.6 Å². The number of nitrogens with one attached hydrogen (secondary N) is 1. The minimum Gasteiger partial charge on any atom is -0.354 e. The number of piperidine rings is 1. The van der Waals surface area contributed by atoms with Gasteiger partial charge in [0.1, 0.15) is 12.4 Å². The largest absolute Gasteiger partial charge is 0.354 e. The van der Waals surface area contributed by atoms with Crippen molar-refractivity contribution in [3.8, 4) is 0 Å². The highest BCUT2D eigenvalue weighted by Crippen LogP contribution is 2.20. The van der Waals surface area contributed by atoms with Gasteiger partial charge in [-0.05, 0) is 56.5 Å². The molecule has 164 valence electrons. The number of carbonyl (C=O) groups is 1. The average molecular weight is 429 g/mol. The van der Waals surface area contributed by atoms with Gasteiger partial charge in [0.2, 0.25) is 5.91 Å². The Morgan fingerprint density at radius 3 is 2.55 bits per heavy atom. The van der Waals surface area contributed by atoms with Crippen molar-refractivity contribution in [3.05, 3.63) is 30.1 Å². The van der Waals surface area contributed by atoms with Crippen molar-refractivity contribution in [2.75, 3.05) is 44.6 Å². The summed E-state index contributed by atoms with van der Waals surface area (Å²) in [7, 11) is -1.09. The first kappa shape index (κ1) is 23.6. The highest BCUT2D eigenvalue weighted by atomic mass is 32.2. The smallest absolute Gasteiger partial charge is 0.304 e. The van der Waals surface area contributed by atoms with Crippen molar-refractivity contribution in [1.29, 1.82) is 0 Å². The van der Waals surface area contributed by atoms with Gasteiger partial charge < -0.3 is 10.2 Å². The lowest BCUT2D eigenvalue weighted by Crippen LogP contribution is -2.46. The SMILES string of the molecule is CCC1CCCCN1CCCNC(=O)CN(c1ccc(F)cc1)S(=O)(=O)N(C)C. The summed E-state index contributed by atoms with van der Waals surface area (Å²) in [6.07, 6.45) is 5.70. The topological polar surface area (TPSA) is 73.0 Å². The molecule has 1 aliphatic rings. The molecule has 1 aromatic rings. The predicted molar refractivity (Wildman–Crippen MR) is 113 cm³/mol. The Bertz CT molecular complexity index is 755. The molecule has 1 unspecified atom stereocenters. The average Bonchev–Trinajstić information content (AvgIpc) is 2.70. The maximum Gasteiger partial charge on any atom is 0.304 e. The monoisotopic (exact) mass is 428 g/mol. The van der Waals surface area contributed by atoms with Gasteiger partial charge in [-0.2, -0.15) is 12.7 Å². The molecule has 0 aromatic heterocycles. The molecule has 1 heterocycles. The second-order valence-corrected chi connectivity index (χ2v) is 9.64. The molecule has 7 nitrogen and oxygen atoms in total. The fourth-order valence-electron chi connectivity index (χ4n) is 3.62. The molecular formula is C20H33FN4O3S. The molecule has 9 heteroatoms. The van der Waals surface area contributed by atoms with Crippen molar-refractivity contribution in [2.24, 2.45) is 0 Å². The van der Waals surface area contributed by atoms with E-state index in [1.54, 1.807) is 0 Å². The third kappa shape index (κ3) is 6.65. The van der Waals surface area contributed by atoms with Gasteiger partial charge in [-0.25, -0.2) is 8.70 Å². The van der Waals surface area contributed by atoms with Crippen molar-refractivity contribution in [2.45, 2.75) is 45.1 Å². The fraction of sp³-hybridized carbons (Fsp3) is 0.650. The van der Waals surface area contributed by atoms with Crippen molar-refractivity contribution < 1.29 is 17.6 Å². The van der Waals surface area contributed by atoms with Gasteiger partial charge in [0.05, 0.1) is 5.69 Å². The van der Waals surface area contributed by atoms with Crippen LogP contribution in [0.3, 0.4) is 0 Å². The number of halogens is 1. The highest BCUT2D eigenvalue weighted by Gasteiger charge is 2.27. The van der Waals surface area contributed by atoms with Crippen LogP contribution in [0, 0.1) is 5.82 Å². The number of anilines is 1. The Labute approximate surface area is 174 Å². The lowest BCUT2D eigenvalue weighted by molar-refractivity contribution is -0.119. The molecule has 1 saturated heterocycles. The van der Waals surface area contributed by atoms with E-state index in [0.717, 1.165) is 34.5 Å². The first-order valence-corrected chi connectivity index (χ1v) is 11.6. The minimum atomic E-state index is -3.88. The Morgan fingerprint density at radius 2 is 1.93 bits per heavy atom.